The monoisotopic (exact) mass is 411 g/mol. The van der Waals surface area contributed by atoms with Crippen LogP contribution in [0.3, 0.4) is 0 Å². The van der Waals surface area contributed by atoms with Crippen molar-refractivity contribution >= 4 is 29.1 Å². The third kappa shape index (κ3) is 3.54. The Hall–Kier alpha value is -3.38. The van der Waals surface area contributed by atoms with E-state index in [-0.39, 0.29) is 17.9 Å². The SMILES string of the molecule is O=C1C(=O)N(Cc2ccco2)[C@H](c2cccc(F)c2)/C1=C(\O)c1ccc(Cl)cc1. The van der Waals surface area contributed by atoms with Crippen molar-refractivity contribution in [3.05, 3.63) is 100 Å². The highest BCUT2D eigenvalue weighted by atomic mass is 35.5. The molecule has 1 amide bonds. The Bertz CT molecular complexity index is 1110. The van der Waals surface area contributed by atoms with Crippen molar-refractivity contribution in [1.82, 2.24) is 4.90 Å². The Morgan fingerprint density at radius 1 is 1.10 bits per heavy atom. The topological polar surface area (TPSA) is 70.8 Å². The second kappa shape index (κ2) is 7.56. The van der Waals surface area contributed by atoms with Crippen molar-refractivity contribution in [3.63, 3.8) is 0 Å². The third-order valence-corrected chi connectivity index (χ3v) is 4.98. The molecule has 0 radical (unpaired) electrons. The van der Waals surface area contributed by atoms with Gasteiger partial charge >= 0.3 is 0 Å². The maximum Gasteiger partial charge on any atom is 0.296 e. The second-order valence-electron chi connectivity index (χ2n) is 6.57. The highest BCUT2D eigenvalue weighted by molar-refractivity contribution is 6.46. The fourth-order valence-electron chi connectivity index (χ4n) is 3.40. The quantitative estimate of drug-likeness (QED) is 0.384. The minimum Gasteiger partial charge on any atom is -0.507 e. The van der Waals surface area contributed by atoms with Crippen molar-refractivity contribution in [2.45, 2.75) is 12.6 Å². The zero-order valence-electron chi connectivity index (χ0n) is 15.0. The number of aliphatic hydroxyl groups is 1. The first-order valence-corrected chi connectivity index (χ1v) is 9.15. The number of hydrogen-bond donors (Lipinski definition) is 1. The third-order valence-electron chi connectivity index (χ3n) is 4.73. The number of carbonyl (C=O) groups is 2. The van der Waals surface area contributed by atoms with E-state index in [4.69, 9.17) is 16.0 Å². The van der Waals surface area contributed by atoms with Crippen molar-refractivity contribution < 1.29 is 23.5 Å². The van der Waals surface area contributed by atoms with E-state index < -0.39 is 23.5 Å². The van der Waals surface area contributed by atoms with Gasteiger partial charge in [-0.25, -0.2) is 4.39 Å². The lowest BCUT2D eigenvalue weighted by Crippen LogP contribution is -2.29. The summed E-state index contributed by atoms with van der Waals surface area (Å²) in [6.07, 6.45) is 1.46. The number of furan rings is 1. The highest BCUT2D eigenvalue weighted by Crippen LogP contribution is 2.40. The van der Waals surface area contributed by atoms with E-state index in [1.807, 2.05) is 0 Å². The van der Waals surface area contributed by atoms with Gasteiger partial charge in [0, 0.05) is 10.6 Å². The van der Waals surface area contributed by atoms with Crippen molar-refractivity contribution in [3.8, 4) is 0 Å². The summed E-state index contributed by atoms with van der Waals surface area (Å²) in [5.74, 6) is -2.06. The Morgan fingerprint density at radius 2 is 1.86 bits per heavy atom. The lowest BCUT2D eigenvalue weighted by Gasteiger charge is -2.24. The average molecular weight is 412 g/mol. The van der Waals surface area contributed by atoms with E-state index in [0.29, 0.717) is 21.9 Å². The van der Waals surface area contributed by atoms with Gasteiger partial charge in [0.2, 0.25) is 0 Å². The molecule has 0 bridgehead atoms. The van der Waals surface area contributed by atoms with E-state index in [1.165, 1.54) is 29.4 Å². The Labute approximate surface area is 170 Å². The normalized spacial score (nSPS) is 18.4. The summed E-state index contributed by atoms with van der Waals surface area (Å²) in [6.45, 7) is -0.00382. The molecule has 7 heteroatoms. The molecule has 3 aromatic rings. The van der Waals surface area contributed by atoms with Gasteiger partial charge in [0.25, 0.3) is 11.7 Å². The molecule has 1 aliphatic rings. The highest BCUT2D eigenvalue weighted by Gasteiger charge is 2.46. The predicted octanol–water partition coefficient (Wildman–Crippen LogP) is 4.69. The van der Waals surface area contributed by atoms with Crippen LogP contribution in [0.25, 0.3) is 5.76 Å². The van der Waals surface area contributed by atoms with Crippen LogP contribution in [-0.4, -0.2) is 21.7 Å². The van der Waals surface area contributed by atoms with Crippen LogP contribution >= 0.6 is 11.6 Å². The fourth-order valence-corrected chi connectivity index (χ4v) is 3.53. The maximum atomic E-state index is 13.9. The summed E-state index contributed by atoms with van der Waals surface area (Å²) in [4.78, 5) is 26.9. The van der Waals surface area contributed by atoms with Gasteiger partial charge in [-0.3, -0.25) is 9.59 Å². The summed E-state index contributed by atoms with van der Waals surface area (Å²) < 4.78 is 19.2. The van der Waals surface area contributed by atoms with E-state index in [9.17, 15) is 19.1 Å². The Morgan fingerprint density at radius 3 is 2.52 bits per heavy atom. The molecule has 1 aliphatic heterocycles. The van der Waals surface area contributed by atoms with Gasteiger partial charge in [-0.1, -0.05) is 23.7 Å². The molecule has 1 N–H and O–H groups in total. The maximum absolute atomic E-state index is 13.9. The summed E-state index contributed by atoms with van der Waals surface area (Å²) in [5, 5.41) is 11.3. The number of nitrogens with zero attached hydrogens (tertiary/aromatic N) is 1. The number of amides is 1. The number of benzene rings is 2. The Kier molecular flexibility index (Phi) is 4.94. The molecule has 5 nitrogen and oxygen atoms in total. The molecule has 4 rings (SSSR count). The van der Waals surface area contributed by atoms with Gasteiger partial charge in [0.1, 0.15) is 17.3 Å². The first kappa shape index (κ1) is 19.0. The van der Waals surface area contributed by atoms with Gasteiger partial charge in [0.05, 0.1) is 24.4 Å². The molecule has 29 heavy (non-hydrogen) atoms. The number of halogens is 2. The molecule has 146 valence electrons. The van der Waals surface area contributed by atoms with Crippen LogP contribution < -0.4 is 0 Å². The first-order chi connectivity index (χ1) is 14.0. The number of Topliss-reactive ketones (excluding diaryl/α,β-unsaturated/α-hetero) is 1. The number of carbonyl (C=O) groups excluding carboxylic acids is 2. The van der Waals surface area contributed by atoms with Gasteiger partial charge in [0.15, 0.2) is 0 Å². The number of hydrogen-bond acceptors (Lipinski definition) is 4. The summed E-state index contributed by atoms with van der Waals surface area (Å²) >= 11 is 5.89. The van der Waals surface area contributed by atoms with Crippen LogP contribution in [0.15, 0.2) is 76.9 Å². The van der Waals surface area contributed by atoms with Crippen molar-refractivity contribution in [1.29, 1.82) is 0 Å². The lowest BCUT2D eigenvalue weighted by atomic mass is 9.95. The van der Waals surface area contributed by atoms with E-state index in [2.05, 4.69) is 0 Å². The van der Waals surface area contributed by atoms with Gasteiger partial charge in [-0.05, 0) is 54.1 Å². The first-order valence-electron chi connectivity index (χ1n) is 8.78. The zero-order valence-corrected chi connectivity index (χ0v) is 15.8. The number of ketones is 1. The molecule has 2 heterocycles. The van der Waals surface area contributed by atoms with Crippen LogP contribution in [0.5, 0.6) is 0 Å². The molecule has 1 fully saturated rings. The Balaban J connectivity index is 1.87. The van der Waals surface area contributed by atoms with Crippen LogP contribution in [0, 0.1) is 5.82 Å². The lowest BCUT2D eigenvalue weighted by molar-refractivity contribution is -0.140. The van der Waals surface area contributed by atoms with Gasteiger partial charge in [-0.15, -0.1) is 0 Å². The van der Waals surface area contributed by atoms with Crippen LogP contribution in [-0.2, 0) is 16.1 Å². The minimum absolute atomic E-state index is 0.00382. The molecule has 0 saturated carbocycles. The molecular weight excluding hydrogens is 397 g/mol. The van der Waals surface area contributed by atoms with E-state index >= 15 is 0 Å². The van der Waals surface area contributed by atoms with Crippen LogP contribution in [0.1, 0.15) is 22.9 Å². The zero-order chi connectivity index (χ0) is 20.5. The van der Waals surface area contributed by atoms with E-state index in [0.717, 1.165) is 0 Å². The molecule has 0 spiro atoms. The molecule has 1 saturated heterocycles. The molecular formula is C22H15ClFNO4. The minimum atomic E-state index is -0.966. The standard InChI is InChI=1S/C22H15ClFNO4/c23-15-8-6-13(7-9-15)20(26)18-19(14-3-1-4-16(24)11-14)25(22(28)21(18)27)12-17-5-2-10-29-17/h1-11,19,26H,12H2/b20-18+/t19-/m1/s1. The molecule has 0 aliphatic carbocycles. The summed E-state index contributed by atoms with van der Waals surface area (Å²) in [5.41, 5.74) is 0.576. The van der Waals surface area contributed by atoms with Crippen molar-refractivity contribution in [2.24, 2.45) is 0 Å². The average Bonchev–Trinajstić information content (AvgIpc) is 3.30. The number of likely N-dealkylation sites (tertiary alicyclic amines) is 1. The van der Waals surface area contributed by atoms with Gasteiger partial charge in [-0.2, -0.15) is 0 Å². The molecule has 0 unspecified atom stereocenters. The fraction of sp³-hybridized carbons (Fsp3) is 0.0909. The summed E-state index contributed by atoms with van der Waals surface area (Å²) in [6, 6.07) is 14.2. The van der Waals surface area contributed by atoms with E-state index in [1.54, 1.807) is 42.5 Å². The second-order valence-corrected chi connectivity index (χ2v) is 7.00. The van der Waals surface area contributed by atoms with Crippen LogP contribution in [0.2, 0.25) is 5.02 Å². The molecule has 2 aromatic carbocycles. The predicted molar refractivity (Wildman–Crippen MR) is 104 cm³/mol. The smallest absolute Gasteiger partial charge is 0.296 e. The summed E-state index contributed by atoms with van der Waals surface area (Å²) in [7, 11) is 0. The molecule has 1 aromatic heterocycles. The van der Waals surface area contributed by atoms with Crippen molar-refractivity contribution in [2.75, 3.05) is 0 Å². The molecule has 1 atom stereocenters. The van der Waals surface area contributed by atoms with Crippen LogP contribution in [0.4, 0.5) is 4.39 Å². The largest absolute Gasteiger partial charge is 0.507 e. The number of aliphatic hydroxyl groups excluding tert-OH is 1. The van der Waals surface area contributed by atoms with Gasteiger partial charge < -0.3 is 14.4 Å². The number of rotatable bonds is 4.